The first kappa shape index (κ1) is 20.6. The van der Waals surface area contributed by atoms with Crippen LogP contribution in [0.1, 0.15) is 33.2 Å². The maximum atomic E-state index is 12.4. The molecule has 0 fully saturated rings. The van der Waals surface area contributed by atoms with Crippen molar-refractivity contribution in [2.24, 2.45) is 0 Å². The van der Waals surface area contributed by atoms with E-state index in [-0.39, 0.29) is 5.78 Å². The fourth-order valence-corrected chi connectivity index (χ4v) is 2.95. The van der Waals surface area contributed by atoms with E-state index in [1.807, 2.05) is 6.07 Å². The number of esters is 1. The van der Waals surface area contributed by atoms with Crippen LogP contribution in [0.15, 0.2) is 48.5 Å². The summed E-state index contributed by atoms with van der Waals surface area (Å²) in [7, 11) is -1.84. The van der Waals surface area contributed by atoms with Crippen molar-refractivity contribution in [3.05, 3.63) is 65.2 Å². The Hall–Kier alpha value is -2.71. The van der Waals surface area contributed by atoms with Crippen molar-refractivity contribution in [3.63, 3.8) is 0 Å². The number of carbonyl (C=O) groups excluding carboxylic acids is 2. The molecule has 0 saturated heterocycles. The highest BCUT2D eigenvalue weighted by molar-refractivity contribution is 7.92. The number of Topliss-reactive ketones (excluding diaryl/α,β-unsaturated/α-hetero) is 1. The highest BCUT2D eigenvalue weighted by atomic mass is 32.2. The number of sulfonamides is 1. The number of methoxy groups -OCH3 is 1. The van der Waals surface area contributed by atoms with Gasteiger partial charge in [0.05, 0.1) is 18.4 Å². The van der Waals surface area contributed by atoms with Crippen molar-refractivity contribution >= 4 is 27.5 Å². The smallest absolute Gasteiger partial charge is 0.338 e. The van der Waals surface area contributed by atoms with E-state index in [0.29, 0.717) is 23.4 Å². The van der Waals surface area contributed by atoms with Gasteiger partial charge in [-0.1, -0.05) is 12.1 Å². The highest BCUT2D eigenvalue weighted by Gasteiger charge is 2.20. The topological polar surface area (TPSA) is 98.8 Å². The molecular weight excluding hydrogens is 370 g/mol. The molecule has 0 bridgehead atoms. The van der Waals surface area contributed by atoms with Crippen LogP contribution in [-0.2, 0) is 26.1 Å². The summed E-state index contributed by atoms with van der Waals surface area (Å²) in [5.41, 5.74) is 1.80. The van der Waals surface area contributed by atoms with Crippen LogP contribution in [0.3, 0.4) is 0 Å². The molecule has 0 aliphatic heterocycles. The second kappa shape index (κ2) is 8.79. The second-order valence-electron chi connectivity index (χ2n) is 6.00. The van der Waals surface area contributed by atoms with Gasteiger partial charge in [-0.15, -0.1) is 0 Å². The van der Waals surface area contributed by atoms with E-state index in [0.717, 1.165) is 11.8 Å². The lowest BCUT2D eigenvalue weighted by molar-refractivity contribution is 0.0318. The Morgan fingerprint density at radius 2 is 1.74 bits per heavy atom. The Kier molecular flexibility index (Phi) is 6.70. The van der Waals surface area contributed by atoms with E-state index in [1.165, 1.54) is 31.2 Å². The van der Waals surface area contributed by atoms with Crippen LogP contribution in [0.5, 0.6) is 0 Å². The molecule has 7 nitrogen and oxygen atoms in total. The summed E-state index contributed by atoms with van der Waals surface area (Å²) in [6.07, 6.45) is 0.0483. The Labute approximate surface area is 158 Å². The summed E-state index contributed by atoms with van der Waals surface area (Å²) in [4.78, 5) is 24.7. The van der Waals surface area contributed by atoms with Crippen molar-refractivity contribution in [2.45, 2.75) is 19.6 Å². The normalized spacial score (nSPS) is 12.3. The van der Waals surface area contributed by atoms with Crippen molar-refractivity contribution in [1.29, 1.82) is 0 Å². The quantitative estimate of drug-likeness (QED) is 0.549. The summed E-state index contributed by atoms with van der Waals surface area (Å²) in [6, 6.07) is 12.7. The van der Waals surface area contributed by atoms with Crippen molar-refractivity contribution in [2.75, 3.05) is 18.1 Å². The van der Waals surface area contributed by atoms with Gasteiger partial charge in [-0.05, 0) is 48.9 Å². The number of nitrogens with one attached hydrogen (secondary N) is 1. The predicted octanol–water partition coefficient (Wildman–Crippen LogP) is 2.63. The molecule has 0 aliphatic carbocycles. The van der Waals surface area contributed by atoms with Crippen LogP contribution in [-0.4, -0.2) is 39.6 Å². The molecule has 144 valence electrons. The summed E-state index contributed by atoms with van der Waals surface area (Å²) in [6.45, 7) is 1.85. The molecule has 2 aromatic rings. The van der Waals surface area contributed by atoms with Gasteiger partial charge >= 0.3 is 5.97 Å². The number of carbonyl (C=O) groups is 2. The van der Waals surface area contributed by atoms with Crippen molar-refractivity contribution < 1.29 is 27.5 Å². The van der Waals surface area contributed by atoms with Gasteiger partial charge in [0.25, 0.3) is 0 Å². The summed E-state index contributed by atoms with van der Waals surface area (Å²) < 4.78 is 35.0. The minimum Gasteiger partial charge on any atom is -0.451 e. The van der Waals surface area contributed by atoms with Gasteiger partial charge < -0.3 is 9.47 Å². The number of ketones is 1. The van der Waals surface area contributed by atoms with Gasteiger partial charge in [0.2, 0.25) is 15.8 Å². The number of anilines is 1. The Morgan fingerprint density at radius 1 is 1.07 bits per heavy atom. The van der Waals surface area contributed by atoms with Gasteiger partial charge in [-0.2, -0.15) is 0 Å². The molecule has 0 heterocycles. The first-order valence-corrected chi connectivity index (χ1v) is 9.99. The maximum absolute atomic E-state index is 12.4. The van der Waals surface area contributed by atoms with Crippen LogP contribution < -0.4 is 4.72 Å². The summed E-state index contributed by atoms with van der Waals surface area (Å²) >= 11 is 0. The molecule has 0 spiro atoms. The monoisotopic (exact) mass is 391 g/mol. The predicted molar refractivity (Wildman–Crippen MR) is 101 cm³/mol. The van der Waals surface area contributed by atoms with Crippen LogP contribution in [0.25, 0.3) is 0 Å². The zero-order chi connectivity index (χ0) is 20.0. The van der Waals surface area contributed by atoms with E-state index in [9.17, 15) is 18.0 Å². The zero-order valence-electron chi connectivity index (χ0n) is 15.3. The number of hydrogen-bond acceptors (Lipinski definition) is 6. The van der Waals surface area contributed by atoms with E-state index in [2.05, 4.69) is 4.72 Å². The van der Waals surface area contributed by atoms with Gasteiger partial charge in [0, 0.05) is 18.4 Å². The second-order valence-corrected chi connectivity index (χ2v) is 7.75. The molecule has 0 aromatic heterocycles. The lowest BCUT2D eigenvalue weighted by atomic mass is 10.1. The number of ether oxygens (including phenoxy) is 2. The van der Waals surface area contributed by atoms with E-state index in [1.54, 1.807) is 25.3 Å². The third-order valence-corrected chi connectivity index (χ3v) is 4.21. The molecule has 27 heavy (non-hydrogen) atoms. The number of rotatable bonds is 8. The third-order valence-electron chi connectivity index (χ3n) is 3.60. The third kappa shape index (κ3) is 6.19. The van der Waals surface area contributed by atoms with E-state index >= 15 is 0 Å². The van der Waals surface area contributed by atoms with Gasteiger partial charge in [-0.3, -0.25) is 9.52 Å². The van der Waals surface area contributed by atoms with Crippen LogP contribution in [0.2, 0.25) is 0 Å². The van der Waals surface area contributed by atoms with Crippen LogP contribution in [0.4, 0.5) is 5.69 Å². The first-order chi connectivity index (χ1) is 12.7. The SMILES string of the molecule is COCc1cccc(C(=O)O[C@H](C)C(=O)c2ccc(NS(C)(=O)=O)cc2)c1. The molecule has 0 radical (unpaired) electrons. The Bertz CT molecular complexity index is 921. The Balaban J connectivity index is 2.04. The van der Waals surface area contributed by atoms with Crippen LogP contribution in [0, 0.1) is 0 Å². The van der Waals surface area contributed by atoms with Crippen molar-refractivity contribution in [3.8, 4) is 0 Å². The molecule has 1 atom stereocenters. The summed E-state index contributed by atoms with van der Waals surface area (Å²) in [5.74, 6) is -0.994. The molecule has 0 unspecified atom stereocenters. The first-order valence-electron chi connectivity index (χ1n) is 8.10. The molecule has 0 aliphatic rings. The average molecular weight is 391 g/mol. The molecular formula is C19H21NO6S. The maximum Gasteiger partial charge on any atom is 0.338 e. The van der Waals surface area contributed by atoms with E-state index in [4.69, 9.17) is 9.47 Å². The average Bonchev–Trinajstić information content (AvgIpc) is 2.61. The molecule has 1 N–H and O–H groups in total. The minimum absolute atomic E-state index is 0.308. The van der Waals surface area contributed by atoms with Gasteiger partial charge in [0.1, 0.15) is 0 Å². The summed E-state index contributed by atoms with van der Waals surface area (Å²) in [5, 5.41) is 0. The molecule has 2 rings (SSSR count). The van der Waals surface area contributed by atoms with Crippen molar-refractivity contribution in [1.82, 2.24) is 0 Å². The van der Waals surface area contributed by atoms with E-state index < -0.39 is 22.1 Å². The largest absolute Gasteiger partial charge is 0.451 e. The van der Waals surface area contributed by atoms with Gasteiger partial charge in [0.15, 0.2) is 6.10 Å². The van der Waals surface area contributed by atoms with Gasteiger partial charge in [-0.25, -0.2) is 13.2 Å². The number of benzene rings is 2. The molecule has 2 aromatic carbocycles. The fourth-order valence-electron chi connectivity index (χ4n) is 2.39. The highest BCUT2D eigenvalue weighted by Crippen LogP contribution is 2.15. The fraction of sp³-hybridized carbons (Fsp3) is 0.263. The van der Waals surface area contributed by atoms with Crippen LogP contribution >= 0.6 is 0 Å². The number of hydrogen-bond donors (Lipinski definition) is 1. The molecule has 0 amide bonds. The standard InChI is InChI=1S/C19H21NO6S/c1-13(26-19(22)16-6-4-5-14(11-16)12-25-2)18(21)15-7-9-17(10-8-15)20-27(3,23)24/h4-11,13,20H,12H2,1-3H3/t13-/m1/s1. The minimum atomic E-state index is -3.39. The molecule has 8 heteroatoms. The molecule has 0 saturated carbocycles. The lowest BCUT2D eigenvalue weighted by Gasteiger charge is -2.13. The Morgan fingerprint density at radius 3 is 2.33 bits per heavy atom. The lowest BCUT2D eigenvalue weighted by Crippen LogP contribution is -2.24. The zero-order valence-corrected chi connectivity index (χ0v) is 16.1.